The van der Waals surface area contributed by atoms with Gasteiger partial charge < -0.3 is 4.42 Å². The average molecular weight is 361 g/mol. The quantitative estimate of drug-likeness (QED) is 0.719. The Morgan fingerprint density at radius 1 is 1.33 bits per heavy atom. The van der Waals surface area contributed by atoms with Gasteiger partial charge in [0.2, 0.25) is 0 Å². The van der Waals surface area contributed by atoms with Crippen LogP contribution in [0.4, 0.5) is 0 Å². The van der Waals surface area contributed by atoms with Crippen LogP contribution >= 0.6 is 47.8 Å². The molecule has 0 fully saturated rings. The third-order valence-electron chi connectivity index (χ3n) is 1.42. The lowest BCUT2D eigenvalue weighted by Crippen LogP contribution is -2.04. The van der Waals surface area contributed by atoms with Crippen LogP contribution in [0.1, 0.15) is 11.3 Å². The van der Waals surface area contributed by atoms with Gasteiger partial charge in [-0.25, -0.2) is 4.79 Å². The molecule has 0 saturated carbocycles. The Bertz CT molecular complexity index is 356. The highest BCUT2D eigenvalue weighted by Crippen LogP contribution is 2.26. The van der Waals surface area contributed by atoms with E-state index < -0.39 is 0 Å². The topological polar surface area (TPSA) is 30.2 Å². The fourth-order valence-electron chi connectivity index (χ4n) is 0.746. The fraction of sp³-hybridized carbons (Fsp3) is 0.286. The van der Waals surface area contributed by atoms with Gasteiger partial charge in [0.15, 0.2) is 0 Å². The standard InChI is InChI=1S/C7H5Br3O2/c1-3-5(9)4(2-8)12-7(11)6(3)10/h2H2,1H3. The Hall–Kier alpha value is 0.390. The zero-order valence-electron chi connectivity index (χ0n) is 6.16. The maximum Gasteiger partial charge on any atom is 0.350 e. The molecule has 1 aromatic heterocycles. The molecule has 0 saturated heterocycles. The molecule has 5 heteroatoms. The first kappa shape index (κ1) is 10.5. The molecule has 0 radical (unpaired) electrons. The lowest BCUT2D eigenvalue weighted by molar-refractivity contribution is 0.468. The van der Waals surface area contributed by atoms with Crippen LogP contribution in [0.2, 0.25) is 0 Å². The minimum Gasteiger partial charge on any atom is -0.425 e. The lowest BCUT2D eigenvalue weighted by Gasteiger charge is -2.03. The molecule has 2 nitrogen and oxygen atoms in total. The summed E-state index contributed by atoms with van der Waals surface area (Å²) in [7, 11) is 0. The first-order valence-corrected chi connectivity index (χ1v) is 5.82. The highest BCUT2D eigenvalue weighted by molar-refractivity contribution is 9.11. The molecule has 0 aliphatic heterocycles. The molecule has 0 aromatic carbocycles. The Morgan fingerprint density at radius 2 is 1.92 bits per heavy atom. The maximum absolute atomic E-state index is 11.1. The number of alkyl halides is 1. The Morgan fingerprint density at radius 3 is 2.42 bits per heavy atom. The van der Waals surface area contributed by atoms with Crippen molar-refractivity contribution in [3.05, 3.63) is 30.7 Å². The van der Waals surface area contributed by atoms with Gasteiger partial charge in [0.05, 0.1) is 9.80 Å². The van der Waals surface area contributed by atoms with Gasteiger partial charge in [0.1, 0.15) is 10.2 Å². The fourth-order valence-corrected chi connectivity index (χ4v) is 2.48. The summed E-state index contributed by atoms with van der Waals surface area (Å²) in [5.41, 5.74) is 0.519. The molecule has 1 rings (SSSR count). The Labute approximate surface area is 94.7 Å². The predicted octanol–water partition coefficient (Wildman–Crippen LogP) is 3.37. The molecule has 0 bridgehead atoms. The van der Waals surface area contributed by atoms with Crippen LogP contribution in [-0.2, 0) is 5.33 Å². The third-order valence-corrected chi connectivity index (χ3v) is 3.88. The SMILES string of the molecule is Cc1c(Br)c(CBr)oc(=O)c1Br. The summed E-state index contributed by atoms with van der Waals surface area (Å²) < 4.78 is 6.27. The second kappa shape index (κ2) is 4.07. The van der Waals surface area contributed by atoms with Crippen molar-refractivity contribution in [1.82, 2.24) is 0 Å². The second-order valence-corrected chi connectivity index (χ2v) is 4.35. The van der Waals surface area contributed by atoms with Crippen LogP contribution in [0.3, 0.4) is 0 Å². The molecule has 1 heterocycles. The number of rotatable bonds is 1. The summed E-state index contributed by atoms with van der Waals surface area (Å²) in [6, 6.07) is 0. The Kier molecular flexibility index (Phi) is 3.55. The van der Waals surface area contributed by atoms with Gasteiger partial charge in [0.25, 0.3) is 0 Å². The molecule has 0 atom stereocenters. The monoisotopic (exact) mass is 358 g/mol. The summed E-state index contributed by atoms with van der Waals surface area (Å²) in [5.74, 6) is 0.612. The number of hydrogen-bond acceptors (Lipinski definition) is 2. The van der Waals surface area contributed by atoms with Crippen LogP contribution in [0.5, 0.6) is 0 Å². The van der Waals surface area contributed by atoms with Gasteiger partial charge in [0, 0.05) is 0 Å². The van der Waals surface area contributed by atoms with E-state index in [0.717, 1.165) is 10.0 Å². The molecule has 0 amide bonds. The van der Waals surface area contributed by atoms with Crippen molar-refractivity contribution in [3.63, 3.8) is 0 Å². The van der Waals surface area contributed by atoms with Gasteiger partial charge in [-0.3, -0.25) is 0 Å². The maximum atomic E-state index is 11.1. The summed E-state index contributed by atoms with van der Waals surface area (Å²) in [4.78, 5) is 11.1. The molecule has 0 spiro atoms. The van der Waals surface area contributed by atoms with E-state index in [2.05, 4.69) is 47.8 Å². The molecule has 66 valence electrons. The molecule has 0 aliphatic rings. The number of hydrogen-bond donors (Lipinski definition) is 0. The summed E-state index contributed by atoms with van der Waals surface area (Å²) >= 11 is 9.70. The molecule has 1 aromatic rings. The van der Waals surface area contributed by atoms with Gasteiger partial charge in [-0.05, 0) is 44.3 Å². The first-order chi connectivity index (χ1) is 5.57. The van der Waals surface area contributed by atoms with E-state index >= 15 is 0 Å². The van der Waals surface area contributed by atoms with Crippen molar-refractivity contribution in [2.24, 2.45) is 0 Å². The predicted molar refractivity (Wildman–Crippen MR) is 57.7 cm³/mol. The largest absolute Gasteiger partial charge is 0.425 e. The highest BCUT2D eigenvalue weighted by atomic mass is 79.9. The summed E-state index contributed by atoms with van der Waals surface area (Å²) in [5, 5.41) is 0.525. The van der Waals surface area contributed by atoms with E-state index in [-0.39, 0.29) is 5.63 Å². The smallest absolute Gasteiger partial charge is 0.350 e. The minimum absolute atomic E-state index is 0.342. The zero-order valence-corrected chi connectivity index (χ0v) is 10.9. The lowest BCUT2D eigenvalue weighted by atomic mass is 10.3. The van der Waals surface area contributed by atoms with Crippen LogP contribution in [-0.4, -0.2) is 0 Å². The van der Waals surface area contributed by atoms with Crippen LogP contribution in [0.15, 0.2) is 18.2 Å². The van der Waals surface area contributed by atoms with Gasteiger partial charge in [-0.1, -0.05) is 15.9 Å². The van der Waals surface area contributed by atoms with E-state index in [1.54, 1.807) is 0 Å². The van der Waals surface area contributed by atoms with E-state index in [1.807, 2.05) is 6.92 Å². The van der Waals surface area contributed by atoms with Crippen molar-refractivity contribution in [3.8, 4) is 0 Å². The van der Waals surface area contributed by atoms with Gasteiger partial charge in [-0.15, -0.1) is 0 Å². The van der Waals surface area contributed by atoms with Crippen molar-refractivity contribution in [2.45, 2.75) is 12.3 Å². The van der Waals surface area contributed by atoms with Crippen molar-refractivity contribution >= 4 is 47.8 Å². The molecular formula is C7H5Br3O2. The van der Waals surface area contributed by atoms with Crippen molar-refractivity contribution in [2.75, 3.05) is 0 Å². The van der Waals surface area contributed by atoms with Gasteiger partial charge in [-0.2, -0.15) is 0 Å². The van der Waals surface area contributed by atoms with E-state index in [9.17, 15) is 4.79 Å². The molecule has 0 unspecified atom stereocenters. The molecule has 12 heavy (non-hydrogen) atoms. The van der Waals surface area contributed by atoms with Crippen LogP contribution < -0.4 is 5.63 Å². The zero-order chi connectivity index (χ0) is 9.30. The second-order valence-electron chi connectivity index (χ2n) is 2.20. The molecule has 0 N–H and O–H groups in total. The van der Waals surface area contributed by atoms with E-state index in [1.165, 1.54) is 0 Å². The number of halogens is 3. The highest BCUT2D eigenvalue weighted by Gasteiger charge is 2.11. The molecule has 0 aliphatic carbocycles. The van der Waals surface area contributed by atoms with Crippen LogP contribution in [0.25, 0.3) is 0 Å². The summed E-state index contributed by atoms with van der Waals surface area (Å²) in [6.45, 7) is 1.84. The molecular weight excluding hydrogens is 356 g/mol. The Balaban J connectivity index is 3.50. The summed E-state index contributed by atoms with van der Waals surface area (Å²) in [6.07, 6.45) is 0. The first-order valence-electron chi connectivity index (χ1n) is 3.11. The minimum atomic E-state index is -0.342. The van der Waals surface area contributed by atoms with Crippen molar-refractivity contribution in [1.29, 1.82) is 0 Å². The third kappa shape index (κ3) is 1.83. The average Bonchev–Trinajstić information content (AvgIpc) is 2.08. The van der Waals surface area contributed by atoms with Gasteiger partial charge >= 0.3 is 5.63 Å². The van der Waals surface area contributed by atoms with Crippen molar-refractivity contribution < 1.29 is 4.42 Å². The van der Waals surface area contributed by atoms with Crippen LogP contribution in [0, 0.1) is 6.92 Å². The van der Waals surface area contributed by atoms with E-state index in [0.29, 0.717) is 15.6 Å². The normalized spacial score (nSPS) is 10.3. The van der Waals surface area contributed by atoms with E-state index in [4.69, 9.17) is 4.42 Å².